The highest BCUT2D eigenvalue weighted by molar-refractivity contribution is 4.94. The summed E-state index contributed by atoms with van der Waals surface area (Å²) in [5.74, 6) is 0.356. The summed E-state index contributed by atoms with van der Waals surface area (Å²) in [5.41, 5.74) is 0. The molecular weight excluding hydrogens is 136 g/mol. The fourth-order valence-electron chi connectivity index (χ4n) is 2.34. The van der Waals surface area contributed by atoms with Crippen molar-refractivity contribution < 1.29 is 0 Å². The van der Waals surface area contributed by atoms with Crippen LogP contribution in [0.25, 0.3) is 0 Å². The Morgan fingerprint density at radius 3 is 3.00 bits per heavy atom. The van der Waals surface area contributed by atoms with Gasteiger partial charge in [0.1, 0.15) is 0 Å². The molecular formula is C9H14N2. The van der Waals surface area contributed by atoms with Crippen molar-refractivity contribution in [1.29, 1.82) is 5.26 Å². The molecule has 2 rings (SSSR count). The predicted octanol–water partition coefficient (Wildman–Crippen LogP) is 1.38. The third-order valence-electron chi connectivity index (χ3n) is 3.00. The maximum Gasteiger partial charge on any atom is 0.0656 e. The summed E-state index contributed by atoms with van der Waals surface area (Å²) < 4.78 is 0. The van der Waals surface area contributed by atoms with E-state index < -0.39 is 0 Å². The van der Waals surface area contributed by atoms with E-state index in [-0.39, 0.29) is 0 Å². The SMILES string of the molecule is N#C[C@H]1CCN2CCC[C@H]2C1. The molecule has 0 amide bonds. The van der Waals surface area contributed by atoms with Crippen molar-refractivity contribution in [1.82, 2.24) is 4.90 Å². The lowest BCUT2D eigenvalue weighted by molar-refractivity contribution is 0.174. The minimum atomic E-state index is 0.356. The van der Waals surface area contributed by atoms with E-state index in [2.05, 4.69) is 11.0 Å². The summed E-state index contributed by atoms with van der Waals surface area (Å²) in [6.07, 6.45) is 4.92. The van der Waals surface area contributed by atoms with Gasteiger partial charge in [-0.15, -0.1) is 0 Å². The topological polar surface area (TPSA) is 27.0 Å². The molecule has 2 saturated heterocycles. The predicted molar refractivity (Wildman–Crippen MR) is 42.9 cm³/mol. The maximum atomic E-state index is 8.74. The van der Waals surface area contributed by atoms with Gasteiger partial charge in [-0.1, -0.05) is 0 Å². The minimum absolute atomic E-state index is 0.356. The first-order chi connectivity index (χ1) is 5.40. The van der Waals surface area contributed by atoms with E-state index in [9.17, 15) is 0 Å². The molecule has 0 aromatic carbocycles. The molecule has 0 aliphatic carbocycles. The number of hydrogen-bond acceptors (Lipinski definition) is 2. The van der Waals surface area contributed by atoms with Crippen LogP contribution < -0.4 is 0 Å². The monoisotopic (exact) mass is 150 g/mol. The molecule has 0 spiro atoms. The smallest absolute Gasteiger partial charge is 0.0656 e. The first-order valence-electron chi connectivity index (χ1n) is 4.54. The number of piperidine rings is 1. The largest absolute Gasteiger partial charge is 0.300 e. The van der Waals surface area contributed by atoms with Gasteiger partial charge in [-0.05, 0) is 38.8 Å². The van der Waals surface area contributed by atoms with Crippen LogP contribution in [0.5, 0.6) is 0 Å². The standard InChI is InChI=1S/C9H14N2/c10-7-8-3-5-11-4-1-2-9(11)6-8/h8-9H,1-6H2/t8-,9-/m0/s1. The van der Waals surface area contributed by atoms with Crippen molar-refractivity contribution in [3.63, 3.8) is 0 Å². The molecule has 60 valence electrons. The highest BCUT2D eigenvalue weighted by Gasteiger charge is 2.31. The third kappa shape index (κ3) is 1.25. The molecule has 0 radical (unpaired) electrons. The Labute approximate surface area is 67.8 Å². The van der Waals surface area contributed by atoms with Gasteiger partial charge in [0.15, 0.2) is 0 Å². The summed E-state index contributed by atoms with van der Waals surface area (Å²) in [5, 5.41) is 8.74. The molecule has 2 nitrogen and oxygen atoms in total. The molecule has 2 aliphatic heterocycles. The average Bonchev–Trinajstić information content (AvgIpc) is 2.50. The van der Waals surface area contributed by atoms with Gasteiger partial charge in [-0.25, -0.2) is 0 Å². The van der Waals surface area contributed by atoms with Crippen LogP contribution in [0, 0.1) is 17.2 Å². The first-order valence-corrected chi connectivity index (χ1v) is 4.54. The van der Waals surface area contributed by atoms with Gasteiger partial charge < -0.3 is 4.90 Å². The molecule has 0 unspecified atom stereocenters. The number of hydrogen-bond donors (Lipinski definition) is 0. The van der Waals surface area contributed by atoms with E-state index in [0.29, 0.717) is 5.92 Å². The van der Waals surface area contributed by atoms with Crippen LogP contribution in [0.1, 0.15) is 25.7 Å². The molecule has 2 heterocycles. The Hall–Kier alpha value is -0.550. The normalized spacial score (nSPS) is 38.1. The van der Waals surface area contributed by atoms with E-state index >= 15 is 0 Å². The number of fused-ring (bicyclic) bond motifs is 1. The van der Waals surface area contributed by atoms with Crippen molar-refractivity contribution in [3.8, 4) is 6.07 Å². The summed E-state index contributed by atoms with van der Waals surface area (Å²) in [4.78, 5) is 2.55. The summed E-state index contributed by atoms with van der Waals surface area (Å²) >= 11 is 0. The molecule has 2 aliphatic rings. The molecule has 0 bridgehead atoms. The van der Waals surface area contributed by atoms with E-state index in [1.807, 2.05) is 0 Å². The zero-order valence-electron chi connectivity index (χ0n) is 6.79. The Morgan fingerprint density at radius 2 is 2.18 bits per heavy atom. The average molecular weight is 150 g/mol. The third-order valence-corrected chi connectivity index (χ3v) is 3.00. The van der Waals surface area contributed by atoms with E-state index in [4.69, 9.17) is 5.26 Å². The maximum absolute atomic E-state index is 8.74. The Kier molecular flexibility index (Phi) is 1.83. The Bertz CT molecular complexity index is 182. The van der Waals surface area contributed by atoms with Crippen molar-refractivity contribution in [2.24, 2.45) is 5.92 Å². The first kappa shape index (κ1) is 7.12. The molecule has 2 atom stereocenters. The zero-order chi connectivity index (χ0) is 7.68. The lowest BCUT2D eigenvalue weighted by Gasteiger charge is -2.31. The molecule has 0 aromatic heterocycles. The van der Waals surface area contributed by atoms with Crippen LogP contribution >= 0.6 is 0 Å². The summed E-state index contributed by atoms with van der Waals surface area (Å²) in [6.45, 7) is 2.45. The van der Waals surface area contributed by atoms with Crippen molar-refractivity contribution in [2.75, 3.05) is 13.1 Å². The number of rotatable bonds is 0. The van der Waals surface area contributed by atoms with Gasteiger partial charge in [0.2, 0.25) is 0 Å². The quantitative estimate of drug-likeness (QED) is 0.521. The van der Waals surface area contributed by atoms with Crippen molar-refractivity contribution in [2.45, 2.75) is 31.7 Å². The van der Waals surface area contributed by atoms with Gasteiger partial charge in [-0.2, -0.15) is 5.26 Å². The van der Waals surface area contributed by atoms with E-state index in [1.54, 1.807) is 0 Å². The lowest BCUT2D eigenvalue weighted by Crippen LogP contribution is -2.37. The van der Waals surface area contributed by atoms with Crippen LogP contribution in [-0.2, 0) is 0 Å². The Morgan fingerprint density at radius 1 is 1.27 bits per heavy atom. The second-order valence-corrected chi connectivity index (χ2v) is 3.68. The van der Waals surface area contributed by atoms with Crippen LogP contribution in [0.4, 0.5) is 0 Å². The second-order valence-electron chi connectivity index (χ2n) is 3.68. The summed E-state index contributed by atoms with van der Waals surface area (Å²) in [7, 11) is 0. The number of nitrogens with zero attached hydrogens (tertiary/aromatic N) is 2. The van der Waals surface area contributed by atoms with Crippen LogP contribution in [0.15, 0.2) is 0 Å². The Balaban J connectivity index is 1.97. The van der Waals surface area contributed by atoms with Crippen LogP contribution in [0.3, 0.4) is 0 Å². The fraction of sp³-hybridized carbons (Fsp3) is 0.889. The van der Waals surface area contributed by atoms with Gasteiger partial charge in [0, 0.05) is 12.0 Å². The molecule has 11 heavy (non-hydrogen) atoms. The molecule has 0 aromatic rings. The summed E-state index contributed by atoms with van der Waals surface area (Å²) in [6, 6.07) is 3.15. The van der Waals surface area contributed by atoms with Gasteiger partial charge in [0.05, 0.1) is 6.07 Å². The highest BCUT2D eigenvalue weighted by Crippen LogP contribution is 2.29. The van der Waals surface area contributed by atoms with E-state index in [1.165, 1.54) is 25.9 Å². The molecule has 0 N–H and O–H groups in total. The number of nitriles is 1. The fourth-order valence-corrected chi connectivity index (χ4v) is 2.34. The van der Waals surface area contributed by atoms with Crippen molar-refractivity contribution in [3.05, 3.63) is 0 Å². The minimum Gasteiger partial charge on any atom is -0.300 e. The van der Waals surface area contributed by atoms with Gasteiger partial charge in [0.25, 0.3) is 0 Å². The zero-order valence-corrected chi connectivity index (χ0v) is 6.79. The molecule has 2 heteroatoms. The van der Waals surface area contributed by atoms with Crippen molar-refractivity contribution >= 4 is 0 Å². The van der Waals surface area contributed by atoms with Gasteiger partial charge >= 0.3 is 0 Å². The highest BCUT2D eigenvalue weighted by atomic mass is 15.2. The van der Waals surface area contributed by atoms with Gasteiger partial charge in [-0.3, -0.25) is 0 Å². The second kappa shape index (κ2) is 2.83. The van der Waals surface area contributed by atoms with E-state index in [0.717, 1.165) is 18.9 Å². The molecule has 2 fully saturated rings. The van der Waals surface area contributed by atoms with Crippen LogP contribution in [-0.4, -0.2) is 24.0 Å². The van der Waals surface area contributed by atoms with Crippen LogP contribution in [0.2, 0.25) is 0 Å². The molecule has 0 saturated carbocycles. The lowest BCUT2D eigenvalue weighted by atomic mass is 9.92.